The molecule has 0 bridgehead atoms. The Morgan fingerprint density at radius 1 is 1.43 bits per heavy atom. The zero-order valence-corrected chi connectivity index (χ0v) is 13.3. The van der Waals surface area contributed by atoms with Gasteiger partial charge in [-0.25, -0.2) is 0 Å². The van der Waals surface area contributed by atoms with Crippen LogP contribution in [0.5, 0.6) is 11.5 Å². The van der Waals surface area contributed by atoms with Gasteiger partial charge in [0.15, 0.2) is 11.5 Å². The number of hydrogen-bond acceptors (Lipinski definition) is 4. The lowest BCUT2D eigenvalue weighted by Crippen LogP contribution is -2.34. The summed E-state index contributed by atoms with van der Waals surface area (Å²) in [4.78, 5) is 2.28. The van der Waals surface area contributed by atoms with Gasteiger partial charge in [0.25, 0.3) is 0 Å². The molecule has 1 fully saturated rings. The number of methoxy groups -OCH3 is 1. The number of halogens is 1. The van der Waals surface area contributed by atoms with Gasteiger partial charge in [-0.15, -0.1) is 0 Å². The Morgan fingerprint density at radius 2 is 2.24 bits per heavy atom. The van der Waals surface area contributed by atoms with Gasteiger partial charge in [0.1, 0.15) is 0 Å². The monoisotopic (exact) mass is 308 g/mol. The number of piperidine rings is 1. The lowest BCUT2D eigenvalue weighted by molar-refractivity contribution is 0.192. The second-order valence-electron chi connectivity index (χ2n) is 5.23. The number of likely N-dealkylation sites (tertiary alicyclic amines) is 1. The summed E-state index contributed by atoms with van der Waals surface area (Å²) in [6.45, 7) is 5.05. The predicted molar refractivity (Wildman–Crippen MR) is 82.8 cm³/mol. The fraction of sp³-hybridized carbons (Fsp3) is 0.562. The molecule has 5 heteroatoms. The smallest absolute Gasteiger partial charge is 0.162 e. The Hall–Kier alpha value is -1.44. The van der Waals surface area contributed by atoms with Crippen molar-refractivity contribution in [3.05, 3.63) is 22.7 Å². The maximum atomic E-state index is 9.07. The molecular weight excluding hydrogens is 288 g/mol. The molecule has 0 unspecified atom stereocenters. The number of rotatable bonds is 5. The van der Waals surface area contributed by atoms with Crippen LogP contribution in [0.4, 0.5) is 0 Å². The van der Waals surface area contributed by atoms with E-state index in [1.54, 1.807) is 7.11 Å². The molecule has 1 aromatic carbocycles. The second-order valence-corrected chi connectivity index (χ2v) is 5.64. The Labute approximate surface area is 131 Å². The molecule has 0 spiro atoms. The van der Waals surface area contributed by atoms with E-state index >= 15 is 0 Å². The Kier molecular flexibility index (Phi) is 5.72. The standard InChI is InChI=1S/C16H21ClN2O2/c1-3-21-16-8-14(17)13(7-15(16)20-2)11-19-6-4-5-12(9-18)10-19/h7-8,12H,3-6,10-11H2,1-2H3/t12-/m0/s1. The van der Waals surface area contributed by atoms with Crippen LogP contribution in [0.25, 0.3) is 0 Å². The molecule has 0 aliphatic carbocycles. The van der Waals surface area contributed by atoms with E-state index in [2.05, 4.69) is 11.0 Å². The van der Waals surface area contributed by atoms with Gasteiger partial charge in [-0.1, -0.05) is 11.6 Å². The maximum Gasteiger partial charge on any atom is 0.162 e. The van der Waals surface area contributed by atoms with Crippen molar-refractivity contribution in [2.45, 2.75) is 26.3 Å². The Balaban J connectivity index is 2.14. The van der Waals surface area contributed by atoms with Gasteiger partial charge in [0, 0.05) is 24.2 Å². The highest BCUT2D eigenvalue weighted by atomic mass is 35.5. The molecule has 0 aromatic heterocycles. The van der Waals surface area contributed by atoms with Gasteiger partial charge >= 0.3 is 0 Å². The molecule has 0 saturated carbocycles. The van der Waals surface area contributed by atoms with Crippen molar-refractivity contribution in [2.24, 2.45) is 5.92 Å². The summed E-state index contributed by atoms with van der Waals surface area (Å²) in [7, 11) is 1.63. The van der Waals surface area contributed by atoms with Crippen LogP contribution in [-0.2, 0) is 6.54 Å². The zero-order chi connectivity index (χ0) is 15.2. The molecular formula is C16H21ClN2O2. The van der Waals surface area contributed by atoms with E-state index in [-0.39, 0.29) is 5.92 Å². The minimum atomic E-state index is 0.127. The van der Waals surface area contributed by atoms with Crippen LogP contribution in [0.1, 0.15) is 25.3 Å². The van der Waals surface area contributed by atoms with E-state index in [0.717, 1.165) is 38.0 Å². The van der Waals surface area contributed by atoms with Crippen molar-refractivity contribution in [2.75, 3.05) is 26.8 Å². The van der Waals surface area contributed by atoms with Crippen molar-refractivity contribution in [1.82, 2.24) is 4.90 Å². The average molecular weight is 309 g/mol. The molecule has 1 heterocycles. The first-order valence-corrected chi connectivity index (χ1v) is 7.66. The summed E-state index contributed by atoms with van der Waals surface area (Å²) in [5.74, 6) is 1.49. The summed E-state index contributed by atoms with van der Waals surface area (Å²) in [5.41, 5.74) is 1.01. The Morgan fingerprint density at radius 3 is 2.90 bits per heavy atom. The molecule has 0 amide bonds. The molecule has 1 aromatic rings. The average Bonchev–Trinajstić information content (AvgIpc) is 2.50. The lowest BCUT2D eigenvalue weighted by atomic mass is 9.99. The quantitative estimate of drug-likeness (QED) is 0.835. The van der Waals surface area contributed by atoms with E-state index in [1.807, 2.05) is 19.1 Å². The van der Waals surface area contributed by atoms with Gasteiger partial charge < -0.3 is 9.47 Å². The fourth-order valence-electron chi connectivity index (χ4n) is 2.67. The first-order valence-electron chi connectivity index (χ1n) is 7.29. The predicted octanol–water partition coefficient (Wildman–Crippen LogP) is 3.48. The van der Waals surface area contributed by atoms with Gasteiger partial charge in [0.05, 0.1) is 25.7 Å². The van der Waals surface area contributed by atoms with Crippen LogP contribution in [0.15, 0.2) is 12.1 Å². The molecule has 1 atom stereocenters. The molecule has 0 radical (unpaired) electrons. The first-order chi connectivity index (χ1) is 10.2. The molecule has 114 valence electrons. The third kappa shape index (κ3) is 4.03. The third-order valence-corrected chi connectivity index (χ3v) is 4.07. The van der Waals surface area contributed by atoms with Crippen molar-refractivity contribution in [3.63, 3.8) is 0 Å². The molecule has 4 nitrogen and oxygen atoms in total. The molecule has 1 aliphatic rings. The van der Waals surface area contributed by atoms with Crippen molar-refractivity contribution in [1.29, 1.82) is 5.26 Å². The summed E-state index contributed by atoms with van der Waals surface area (Å²) < 4.78 is 10.9. The van der Waals surface area contributed by atoms with Crippen LogP contribution in [0, 0.1) is 17.2 Å². The Bertz CT molecular complexity index is 528. The van der Waals surface area contributed by atoms with Crippen LogP contribution < -0.4 is 9.47 Å². The van der Waals surface area contributed by atoms with Crippen LogP contribution in [0.2, 0.25) is 5.02 Å². The van der Waals surface area contributed by atoms with E-state index in [0.29, 0.717) is 23.1 Å². The summed E-state index contributed by atoms with van der Waals surface area (Å²) >= 11 is 6.36. The SMILES string of the molecule is CCOc1cc(Cl)c(CN2CCC[C@@H](C#N)C2)cc1OC. The fourth-order valence-corrected chi connectivity index (χ4v) is 2.89. The number of nitriles is 1. The van der Waals surface area contributed by atoms with E-state index in [9.17, 15) is 0 Å². The highest BCUT2D eigenvalue weighted by molar-refractivity contribution is 6.31. The molecule has 1 saturated heterocycles. The number of ether oxygens (including phenoxy) is 2. The summed E-state index contributed by atoms with van der Waals surface area (Å²) in [6, 6.07) is 6.11. The summed E-state index contributed by atoms with van der Waals surface area (Å²) in [5, 5.41) is 9.75. The van der Waals surface area contributed by atoms with Gasteiger partial charge in [0.2, 0.25) is 0 Å². The van der Waals surface area contributed by atoms with E-state index in [4.69, 9.17) is 26.3 Å². The van der Waals surface area contributed by atoms with Crippen molar-refractivity contribution < 1.29 is 9.47 Å². The molecule has 2 rings (SSSR count). The van der Waals surface area contributed by atoms with Gasteiger partial charge in [-0.3, -0.25) is 4.90 Å². The third-order valence-electron chi connectivity index (χ3n) is 3.71. The highest BCUT2D eigenvalue weighted by Gasteiger charge is 2.21. The number of nitrogens with zero attached hydrogens (tertiary/aromatic N) is 2. The topological polar surface area (TPSA) is 45.5 Å². The largest absolute Gasteiger partial charge is 0.493 e. The van der Waals surface area contributed by atoms with Crippen molar-refractivity contribution in [3.8, 4) is 17.6 Å². The van der Waals surface area contributed by atoms with Crippen LogP contribution >= 0.6 is 11.6 Å². The second kappa shape index (κ2) is 7.53. The van der Waals surface area contributed by atoms with Crippen LogP contribution in [-0.4, -0.2) is 31.7 Å². The van der Waals surface area contributed by atoms with E-state index in [1.165, 1.54) is 0 Å². The minimum absolute atomic E-state index is 0.127. The molecule has 0 N–H and O–H groups in total. The number of benzene rings is 1. The van der Waals surface area contributed by atoms with Gasteiger partial charge in [-0.2, -0.15) is 5.26 Å². The van der Waals surface area contributed by atoms with Crippen LogP contribution in [0.3, 0.4) is 0 Å². The maximum absolute atomic E-state index is 9.07. The zero-order valence-electron chi connectivity index (χ0n) is 12.6. The van der Waals surface area contributed by atoms with Gasteiger partial charge in [-0.05, 0) is 37.9 Å². The number of hydrogen-bond donors (Lipinski definition) is 0. The van der Waals surface area contributed by atoms with Crippen molar-refractivity contribution >= 4 is 11.6 Å². The molecule has 21 heavy (non-hydrogen) atoms. The highest BCUT2D eigenvalue weighted by Crippen LogP contribution is 2.34. The van der Waals surface area contributed by atoms with E-state index < -0.39 is 0 Å². The molecule has 1 aliphatic heterocycles. The minimum Gasteiger partial charge on any atom is -0.493 e. The lowest BCUT2D eigenvalue weighted by Gasteiger charge is -2.29. The summed E-state index contributed by atoms with van der Waals surface area (Å²) in [6.07, 6.45) is 2.05. The normalized spacial score (nSPS) is 19.0. The first kappa shape index (κ1) is 15.9.